The van der Waals surface area contributed by atoms with Gasteiger partial charge in [0, 0.05) is 18.8 Å². The summed E-state index contributed by atoms with van der Waals surface area (Å²) in [6, 6.07) is 6.68. The minimum Gasteiger partial charge on any atom is -0.395 e. The maximum absolute atomic E-state index is 13.0. The second kappa shape index (κ2) is 9.17. The number of hydrogen-bond acceptors (Lipinski definition) is 4. The minimum absolute atomic E-state index is 0.0862. The number of aromatic nitrogens is 2. The number of nitrogens with zero attached hydrogens (tertiary/aromatic N) is 2. The van der Waals surface area contributed by atoms with Crippen LogP contribution in [-0.4, -0.2) is 40.0 Å². The zero-order valence-electron chi connectivity index (χ0n) is 14.6. The fraction of sp³-hybridized carbons (Fsp3) is 0.444. The molecule has 1 heterocycles. The molecule has 2 rings (SSSR count). The van der Waals surface area contributed by atoms with Crippen LogP contribution in [0, 0.1) is 11.7 Å². The molecule has 1 aromatic heterocycles. The summed E-state index contributed by atoms with van der Waals surface area (Å²) in [5.41, 5.74) is 1.89. The van der Waals surface area contributed by atoms with E-state index in [1.165, 1.54) is 12.1 Å². The molecule has 6 nitrogen and oxygen atoms in total. The number of aliphatic hydroxyl groups is 1. The molecule has 7 heteroatoms. The van der Waals surface area contributed by atoms with Crippen LogP contribution in [0.5, 0.6) is 0 Å². The molecule has 0 saturated carbocycles. The molecule has 0 bridgehead atoms. The first-order chi connectivity index (χ1) is 12.0. The topological polar surface area (TPSA) is 79.2 Å². The van der Waals surface area contributed by atoms with Crippen LogP contribution in [0.3, 0.4) is 0 Å². The van der Waals surface area contributed by atoms with Gasteiger partial charge in [0.2, 0.25) is 5.91 Å². The Balaban J connectivity index is 1.95. The number of anilines is 1. The third-order valence-corrected chi connectivity index (χ3v) is 3.90. The Labute approximate surface area is 147 Å². The highest BCUT2D eigenvalue weighted by Crippen LogP contribution is 2.17. The number of aliphatic hydroxyl groups excluding tert-OH is 1. The van der Waals surface area contributed by atoms with Gasteiger partial charge >= 0.3 is 0 Å². The first kappa shape index (κ1) is 18.9. The van der Waals surface area contributed by atoms with Crippen molar-refractivity contribution in [3.8, 4) is 0 Å². The van der Waals surface area contributed by atoms with E-state index in [1.54, 1.807) is 29.2 Å². The lowest BCUT2D eigenvalue weighted by molar-refractivity contribution is -0.122. The fourth-order valence-corrected chi connectivity index (χ4v) is 2.46. The van der Waals surface area contributed by atoms with Crippen LogP contribution in [0.2, 0.25) is 0 Å². The molecule has 25 heavy (non-hydrogen) atoms. The summed E-state index contributed by atoms with van der Waals surface area (Å²) in [4.78, 5) is 11.6. The van der Waals surface area contributed by atoms with Crippen LogP contribution in [0.25, 0.3) is 0 Å². The van der Waals surface area contributed by atoms with Gasteiger partial charge < -0.3 is 15.7 Å². The molecule has 0 aliphatic carbocycles. The molecule has 0 spiro atoms. The third-order valence-electron chi connectivity index (χ3n) is 3.90. The maximum atomic E-state index is 13.0. The highest BCUT2D eigenvalue weighted by Gasteiger charge is 2.15. The molecule has 1 amide bonds. The van der Waals surface area contributed by atoms with Gasteiger partial charge in [0.1, 0.15) is 12.4 Å². The number of nitrogens with one attached hydrogen (secondary N) is 2. The predicted octanol–water partition coefficient (Wildman–Crippen LogP) is 1.81. The quantitative estimate of drug-likeness (QED) is 0.646. The Morgan fingerprint density at radius 3 is 2.68 bits per heavy atom. The van der Waals surface area contributed by atoms with E-state index < -0.39 is 0 Å². The second-order valence-electron chi connectivity index (χ2n) is 6.33. The van der Waals surface area contributed by atoms with Crippen molar-refractivity contribution in [1.82, 2.24) is 15.1 Å². The Kier molecular flexibility index (Phi) is 6.94. The van der Waals surface area contributed by atoms with Gasteiger partial charge in [-0.2, -0.15) is 5.10 Å². The molecule has 0 saturated heterocycles. The van der Waals surface area contributed by atoms with E-state index >= 15 is 0 Å². The van der Waals surface area contributed by atoms with Crippen LogP contribution in [-0.2, 0) is 17.8 Å². The van der Waals surface area contributed by atoms with Gasteiger partial charge in [0.15, 0.2) is 0 Å². The monoisotopic (exact) mass is 348 g/mol. The van der Waals surface area contributed by atoms with Crippen molar-refractivity contribution in [2.75, 3.05) is 18.5 Å². The number of benzene rings is 1. The van der Waals surface area contributed by atoms with Crippen molar-refractivity contribution in [2.45, 2.75) is 32.9 Å². The summed E-state index contributed by atoms with van der Waals surface area (Å²) >= 11 is 0. The van der Waals surface area contributed by atoms with Crippen LogP contribution >= 0.6 is 0 Å². The van der Waals surface area contributed by atoms with Gasteiger partial charge in [0.25, 0.3) is 0 Å². The summed E-state index contributed by atoms with van der Waals surface area (Å²) < 4.78 is 14.6. The number of rotatable bonds is 9. The molecule has 0 radical (unpaired) electrons. The number of halogens is 1. The average molecular weight is 348 g/mol. The molecule has 2 aromatic rings. The highest BCUT2D eigenvalue weighted by molar-refractivity contribution is 5.75. The summed E-state index contributed by atoms with van der Waals surface area (Å²) in [6.07, 6.45) is 4.22. The van der Waals surface area contributed by atoms with Crippen molar-refractivity contribution in [2.24, 2.45) is 5.92 Å². The molecule has 1 atom stereocenters. The largest absolute Gasteiger partial charge is 0.395 e. The van der Waals surface area contributed by atoms with E-state index in [0.29, 0.717) is 5.92 Å². The lowest BCUT2D eigenvalue weighted by atomic mass is 9.96. The molecule has 1 unspecified atom stereocenters. The van der Waals surface area contributed by atoms with E-state index in [2.05, 4.69) is 29.6 Å². The fourth-order valence-electron chi connectivity index (χ4n) is 2.46. The number of hydrogen-bond donors (Lipinski definition) is 3. The number of amides is 1. The molecule has 136 valence electrons. The van der Waals surface area contributed by atoms with E-state index in [-0.39, 0.29) is 37.5 Å². The second-order valence-corrected chi connectivity index (χ2v) is 6.33. The van der Waals surface area contributed by atoms with Gasteiger partial charge in [-0.3, -0.25) is 9.48 Å². The molecule has 3 N–H and O–H groups in total. The van der Waals surface area contributed by atoms with Crippen LogP contribution in [0.15, 0.2) is 36.7 Å². The van der Waals surface area contributed by atoms with E-state index in [9.17, 15) is 9.18 Å². The van der Waals surface area contributed by atoms with Gasteiger partial charge in [-0.25, -0.2) is 4.39 Å². The molecule has 0 aliphatic heterocycles. The maximum Gasteiger partial charge on any atom is 0.241 e. The van der Waals surface area contributed by atoms with Crippen LogP contribution < -0.4 is 10.6 Å². The van der Waals surface area contributed by atoms with E-state index in [4.69, 9.17) is 5.11 Å². The molecular weight excluding hydrogens is 323 g/mol. The van der Waals surface area contributed by atoms with Crippen molar-refractivity contribution in [1.29, 1.82) is 0 Å². The first-order valence-corrected chi connectivity index (χ1v) is 8.39. The summed E-state index contributed by atoms with van der Waals surface area (Å²) in [5.74, 6) is -0.0739. The Bertz CT molecular complexity index is 670. The van der Waals surface area contributed by atoms with Crippen molar-refractivity contribution < 1.29 is 14.3 Å². The average Bonchev–Trinajstić information content (AvgIpc) is 3.01. The van der Waals surface area contributed by atoms with Crippen LogP contribution in [0.4, 0.5) is 10.1 Å². The van der Waals surface area contributed by atoms with Gasteiger partial charge in [-0.15, -0.1) is 0 Å². The number of carbonyl (C=O) groups is 1. The normalized spacial score (nSPS) is 12.2. The zero-order valence-corrected chi connectivity index (χ0v) is 14.6. The zero-order chi connectivity index (χ0) is 18.2. The molecular formula is C18H25FN4O2. The van der Waals surface area contributed by atoms with Crippen molar-refractivity contribution >= 4 is 11.6 Å². The number of carbonyl (C=O) groups excluding carboxylic acids is 1. The lowest BCUT2D eigenvalue weighted by Gasteiger charge is -2.22. The van der Waals surface area contributed by atoms with Gasteiger partial charge in [-0.1, -0.05) is 26.0 Å². The van der Waals surface area contributed by atoms with Gasteiger partial charge in [-0.05, 0) is 30.0 Å². The first-order valence-electron chi connectivity index (χ1n) is 8.39. The Morgan fingerprint density at radius 2 is 2.04 bits per heavy atom. The molecule has 0 aliphatic rings. The molecule has 0 fully saturated rings. The lowest BCUT2D eigenvalue weighted by Crippen LogP contribution is -2.30. The summed E-state index contributed by atoms with van der Waals surface area (Å²) in [5, 5.41) is 18.9. The highest BCUT2D eigenvalue weighted by atomic mass is 19.1. The summed E-state index contributed by atoms with van der Waals surface area (Å²) in [6.45, 7) is 4.49. The van der Waals surface area contributed by atoms with Gasteiger partial charge in [0.05, 0.1) is 18.5 Å². The standard InChI is InChI=1S/C18H25FN4O2/c1-13(2)17(9-14-3-5-15(19)6-4-14)22-16-10-21-23(11-16)12-18(25)20-7-8-24/h3-6,10-11,13,17,22,24H,7-9,12H2,1-2H3,(H,20,25). The smallest absolute Gasteiger partial charge is 0.241 e. The Morgan fingerprint density at radius 1 is 1.32 bits per heavy atom. The predicted molar refractivity (Wildman–Crippen MR) is 94.7 cm³/mol. The third kappa shape index (κ3) is 6.19. The van der Waals surface area contributed by atoms with Crippen molar-refractivity contribution in [3.05, 3.63) is 48.0 Å². The van der Waals surface area contributed by atoms with E-state index in [1.807, 2.05) is 0 Å². The van der Waals surface area contributed by atoms with Crippen LogP contribution in [0.1, 0.15) is 19.4 Å². The summed E-state index contributed by atoms with van der Waals surface area (Å²) in [7, 11) is 0. The van der Waals surface area contributed by atoms with Crippen molar-refractivity contribution in [3.63, 3.8) is 0 Å². The molecule has 1 aromatic carbocycles. The minimum atomic E-state index is -0.237. The Hall–Kier alpha value is -2.41. The SMILES string of the molecule is CC(C)C(Cc1ccc(F)cc1)Nc1cnn(CC(=O)NCCO)c1. The van der Waals surface area contributed by atoms with E-state index in [0.717, 1.165) is 17.7 Å².